The summed E-state index contributed by atoms with van der Waals surface area (Å²) in [5.41, 5.74) is 5.92. The van der Waals surface area contributed by atoms with Gasteiger partial charge in [-0.3, -0.25) is 9.98 Å². The predicted octanol–water partition coefficient (Wildman–Crippen LogP) is 4.32. The minimum atomic E-state index is 1.01. The van der Waals surface area contributed by atoms with Gasteiger partial charge in [-0.1, -0.05) is 25.1 Å². The minimum absolute atomic E-state index is 1.01. The molecule has 1 aromatic rings. The summed E-state index contributed by atoms with van der Waals surface area (Å²) in [5, 5.41) is 0. The number of aromatic nitrogens is 1. The van der Waals surface area contributed by atoms with E-state index in [9.17, 15) is 0 Å². The molecule has 1 aromatic heterocycles. The van der Waals surface area contributed by atoms with Crippen LogP contribution in [-0.4, -0.2) is 10.7 Å². The summed E-state index contributed by atoms with van der Waals surface area (Å²) in [4.78, 5) is 9.14. The minimum Gasteiger partial charge on any atom is -0.261 e. The van der Waals surface area contributed by atoms with Crippen molar-refractivity contribution in [2.24, 2.45) is 4.99 Å². The van der Waals surface area contributed by atoms with Crippen LogP contribution < -0.4 is 0 Å². The van der Waals surface area contributed by atoms with Gasteiger partial charge in [0.2, 0.25) is 0 Å². The van der Waals surface area contributed by atoms with Crippen molar-refractivity contribution in [2.45, 2.75) is 40.0 Å². The number of nitrogens with zero attached hydrogens (tertiary/aromatic N) is 2. The third-order valence-corrected chi connectivity index (χ3v) is 3.30. The van der Waals surface area contributed by atoms with Crippen molar-refractivity contribution >= 4 is 11.3 Å². The van der Waals surface area contributed by atoms with Gasteiger partial charge in [0.15, 0.2) is 0 Å². The van der Waals surface area contributed by atoms with Gasteiger partial charge in [0, 0.05) is 34.4 Å². The smallest absolute Gasteiger partial charge is 0.0485 e. The second kappa shape index (κ2) is 5.76. The average Bonchev–Trinajstić information content (AvgIpc) is 2.42. The second-order valence-electron chi connectivity index (χ2n) is 4.48. The fourth-order valence-corrected chi connectivity index (χ4v) is 2.32. The Labute approximate surface area is 109 Å². The van der Waals surface area contributed by atoms with E-state index < -0.39 is 0 Å². The van der Waals surface area contributed by atoms with Crippen LogP contribution in [0.2, 0.25) is 0 Å². The maximum Gasteiger partial charge on any atom is 0.0485 e. The van der Waals surface area contributed by atoms with E-state index in [-0.39, 0.29) is 0 Å². The highest BCUT2D eigenvalue weighted by atomic mass is 14.8. The van der Waals surface area contributed by atoms with Gasteiger partial charge >= 0.3 is 0 Å². The molecule has 0 bridgehead atoms. The van der Waals surface area contributed by atoms with Gasteiger partial charge in [-0.15, -0.1) is 0 Å². The molecule has 2 heteroatoms. The van der Waals surface area contributed by atoms with Gasteiger partial charge < -0.3 is 0 Å². The molecule has 18 heavy (non-hydrogen) atoms. The van der Waals surface area contributed by atoms with Gasteiger partial charge in [-0.2, -0.15) is 0 Å². The fourth-order valence-electron chi connectivity index (χ4n) is 2.32. The standard InChI is InChI=1S/C16H20N2/c1-4-13-8-6-10-16(18-13)14(5-2)15-9-7-11-17-12(15)3/h5,7-9,11H,4,6,10H2,1-3H3/b14-5+. The summed E-state index contributed by atoms with van der Waals surface area (Å²) in [7, 11) is 0. The van der Waals surface area contributed by atoms with Gasteiger partial charge in [-0.25, -0.2) is 0 Å². The van der Waals surface area contributed by atoms with Crippen LogP contribution in [0.25, 0.3) is 5.57 Å². The van der Waals surface area contributed by atoms with E-state index in [1.54, 1.807) is 0 Å². The number of pyridine rings is 1. The van der Waals surface area contributed by atoms with E-state index in [4.69, 9.17) is 4.99 Å². The molecule has 1 aliphatic rings. The molecule has 2 heterocycles. The van der Waals surface area contributed by atoms with Crippen LogP contribution in [0, 0.1) is 6.92 Å². The predicted molar refractivity (Wildman–Crippen MR) is 77.7 cm³/mol. The molecule has 0 unspecified atom stereocenters. The van der Waals surface area contributed by atoms with Gasteiger partial charge in [0.05, 0.1) is 0 Å². The number of aryl methyl sites for hydroxylation is 1. The normalized spacial score (nSPS) is 16.3. The summed E-state index contributed by atoms with van der Waals surface area (Å²) in [6.45, 7) is 6.29. The van der Waals surface area contributed by atoms with E-state index in [0.717, 1.165) is 25.0 Å². The molecule has 0 N–H and O–H groups in total. The molecule has 0 atom stereocenters. The fraction of sp³-hybridized carbons (Fsp3) is 0.375. The molecule has 2 rings (SSSR count). The highest BCUT2D eigenvalue weighted by Crippen LogP contribution is 2.25. The van der Waals surface area contributed by atoms with E-state index in [2.05, 4.69) is 44.0 Å². The van der Waals surface area contributed by atoms with E-state index in [1.807, 2.05) is 12.3 Å². The number of allylic oxidation sites excluding steroid dienone is 4. The zero-order valence-corrected chi connectivity index (χ0v) is 11.4. The Morgan fingerprint density at radius 2 is 2.28 bits per heavy atom. The Kier molecular flexibility index (Phi) is 4.08. The highest BCUT2D eigenvalue weighted by Gasteiger charge is 2.14. The van der Waals surface area contributed by atoms with Crippen LogP contribution in [0.5, 0.6) is 0 Å². The van der Waals surface area contributed by atoms with Gasteiger partial charge in [0.1, 0.15) is 0 Å². The third-order valence-electron chi connectivity index (χ3n) is 3.30. The number of hydrogen-bond acceptors (Lipinski definition) is 2. The summed E-state index contributed by atoms with van der Waals surface area (Å²) in [6, 6.07) is 4.12. The molecule has 0 amide bonds. The SMILES string of the molecule is C/C=C(/C1=NC(CC)=CCC1)c1cccnc1C. The molecule has 0 saturated carbocycles. The highest BCUT2D eigenvalue weighted by molar-refractivity contribution is 6.24. The molecule has 2 nitrogen and oxygen atoms in total. The molecular weight excluding hydrogens is 220 g/mol. The van der Waals surface area contributed by atoms with Crippen LogP contribution >= 0.6 is 0 Å². The van der Waals surface area contributed by atoms with Crippen molar-refractivity contribution in [1.29, 1.82) is 0 Å². The monoisotopic (exact) mass is 240 g/mol. The van der Waals surface area contributed by atoms with Crippen molar-refractivity contribution in [1.82, 2.24) is 4.98 Å². The first-order valence-electron chi connectivity index (χ1n) is 6.61. The first kappa shape index (κ1) is 12.7. The maximum atomic E-state index is 4.77. The Balaban J connectivity index is 2.40. The lowest BCUT2D eigenvalue weighted by atomic mass is 9.95. The Morgan fingerprint density at radius 3 is 2.94 bits per heavy atom. The molecule has 1 aliphatic heterocycles. The zero-order valence-electron chi connectivity index (χ0n) is 11.4. The topological polar surface area (TPSA) is 25.2 Å². The number of rotatable bonds is 3. The first-order valence-corrected chi connectivity index (χ1v) is 6.61. The van der Waals surface area contributed by atoms with Crippen LogP contribution in [-0.2, 0) is 0 Å². The number of aliphatic imine (C=N–C) groups is 1. The van der Waals surface area contributed by atoms with Gasteiger partial charge in [-0.05, 0) is 39.2 Å². The van der Waals surface area contributed by atoms with E-state index in [1.165, 1.54) is 22.5 Å². The molecule has 0 radical (unpaired) electrons. The summed E-state index contributed by atoms with van der Waals surface area (Å²) < 4.78 is 0. The van der Waals surface area contributed by atoms with Crippen LogP contribution in [0.1, 0.15) is 44.4 Å². The summed E-state index contributed by atoms with van der Waals surface area (Å²) >= 11 is 0. The Hall–Kier alpha value is -1.70. The zero-order chi connectivity index (χ0) is 13.0. The van der Waals surface area contributed by atoms with Crippen LogP contribution in [0.4, 0.5) is 0 Å². The third kappa shape index (κ3) is 2.58. The molecular formula is C16H20N2. The lowest BCUT2D eigenvalue weighted by Gasteiger charge is -2.16. The van der Waals surface area contributed by atoms with Crippen molar-refractivity contribution in [2.75, 3.05) is 0 Å². The van der Waals surface area contributed by atoms with Gasteiger partial charge in [0.25, 0.3) is 0 Å². The molecule has 0 aromatic carbocycles. The lowest BCUT2D eigenvalue weighted by molar-refractivity contribution is 0.964. The van der Waals surface area contributed by atoms with Crippen molar-refractivity contribution < 1.29 is 0 Å². The Morgan fingerprint density at radius 1 is 1.44 bits per heavy atom. The van der Waals surface area contributed by atoms with Crippen molar-refractivity contribution in [3.63, 3.8) is 0 Å². The summed E-state index contributed by atoms with van der Waals surface area (Å²) in [5.74, 6) is 0. The molecule has 0 fully saturated rings. The quantitative estimate of drug-likeness (QED) is 0.772. The summed E-state index contributed by atoms with van der Waals surface area (Å²) in [6.07, 6.45) is 9.36. The van der Waals surface area contributed by atoms with Crippen LogP contribution in [0.15, 0.2) is 41.2 Å². The first-order chi connectivity index (χ1) is 8.76. The van der Waals surface area contributed by atoms with Crippen molar-refractivity contribution in [3.8, 4) is 0 Å². The number of hydrogen-bond donors (Lipinski definition) is 0. The van der Waals surface area contributed by atoms with E-state index >= 15 is 0 Å². The Bertz CT molecular complexity index is 522. The average molecular weight is 240 g/mol. The van der Waals surface area contributed by atoms with Crippen LogP contribution in [0.3, 0.4) is 0 Å². The molecule has 94 valence electrons. The van der Waals surface area contributed by atoms with Crippen molar-refractivity contribution in [3.05, 3.63) is 47.4 Å². The lowest BCUT2D eigenvalue weighted by Crippen LogP contribution is -2.07. The second-order valence-corrected chi connectivity index (χ2v) is 4.48. The molecule has 0 spiro atoms. The van der Waals surface area contributed by atoms with E-state index in [0.29, 0.717) is 0 Å². The molecule has 0 aliphatic carbocycles. The largest absolute Gasteiger partial charge is 0.261 e. The molecule has 0 saturated heterocycles. The maximum absolute atomic E-state index is 4.77.